The second-order valence-corrected chi connectivity index (χ2v) is 12.9. The molecule has 0 fully saturated rings. The van der Waals surface area contributed by atoms with Gasteiger partial charge in [0.2, 0.25) is 0 Å². The molecule has 0 saturated carbocycles. The van der Waals surface area contributed by atoms with Crippen LogP contribution in [0, 0.1) is 0 Å². The Balaban J connectivity index is 1.57. The molecule has 5 aromatic rings. The fourth-order valence-electron chi connectivity index (χ4n) is 5.36. The average molecular weight is 632 g/mol. The quantitative estimate of drug-likeness (QED) is 0.143. The fraction of sp³-hybridized carbons (Fsp3) is 0.111. The molecular formula is C36H29N3O4S2. The molecule has 1 heterocycles. The zero-order valence-corrected chi connectivity index (χ0v) is 26.7. The molecule has 0 aliphatic carbocycles. The van der Waals surface area contributed by atoms with E-state index < -0.39 is 11.8 Å². The van der Waals surface area contributed by atoms with Crippen LogP contribution in [-0.4, -0.2) is 60.3 Å². The van der Waals surface area contributed by atoms with Crippen LogP contribution in [0.4, 0.5) is 15.3 Å². The van der Waals surface area contributed by atoms with Gasteiger partial charge in [-0.15, -0.1) is 0 Å². The van der Waals surface area contributed by atoms with Crippen molar-refractivity contribution in [3.05, 3.63) is 114 Å². The zero-order valence-electron chi connectivity index (χ0n) is 25.1. The first-order chi connectivity index (χ1) is 21.7. The minimum absolute atomic E-state index is 0.0896. The number of imide groups is 1. The normalized spacial score (nSPS) is 12.4. The van der Waals surface area contributed by atoms with Crippen molar-refractivity contribution < 1.29 is 19.2 Å². The van der Waals surface area contributed by atoms with Crippen molar-refractivity contribution in [2.45, 2.75) is 9.79 Å². The van der Waals surface area contributed by atoms with Gasteiger partial charge in [-0.2, -0.15) is 0 Å². The number of fused-ring (bicyclic) bond motifs is 2. The molecule has 4 amide bonds. The second kappa shape index (κ2) is 12.3. The third-order valence-corrected chi connectivity index (χ3v) is 9.59. The molecule has 1 aliphatic rings. The Labute approximate surface area is 269 Å². The molecule has 1 aliphatic heterocycles. The smallest absolute Gasteiger partial charge is 0.285 e. The van der Waals surface area contributed by atoms with Gasteiger partial charge in [-0.05, 0) is 81.8 Å². The zero-order chi connectivity index (χ0) is 31.8. The number of hydrogen-bond donors (Lipinski definition) is 0. The highest BCUT2D eigenvalue weighted by Gasteiger charge is 2.42. The lowest BCUT2D eigenvalue weighted by atomic mass is 9.84. The molecule has 5 aromatic carbocycles. The number of anilines is 1. The number of nitrogens with zero attached hydrogens (tertiary/aromatic N) is 3. The Bertz CT molecular complexity index is 1850. The summed E-state index contributed by atoms with van der Waals surface area (Å²) in [7, 11) is 6.82. The summed E-state index contributed by atoms with van der Waals surface area (Å²) in [5.41, 5.74) is 4.03. The summed E-state index contributed by atoms with van der Waals surface area (Å²) in [5, 5.41) is 1.48. The highest BCUT2D eigenvalue weighted by atomic mass is 32.2. The maximum absolute atomic E-state index is 14.4. The van der Waals surface area contributed by atoms with Crippen molar-refractivity contribution in [3.8, 4) is 22.3 Å². The number of amides is 4. The maximum Gasteiger partial charge on any atom is 0.285 e. The largest absolute Gasteiger partial charge is 0.339 e. The summed E-state index contributed by atoms with van der Waals surface area (Å²) >= 11 is 2.24. The van der Waals surface area contributed by atoms with Crippen molar-refractivity contribution in [3.63, 3.8) is 0 Å². The van der Waals surface area contributed by atoms with Crippen LogP contribution >= 0.6 is 23.5 Å². The Kier molecular flexibility index (Phi) is 8.22. The molecule has 0 saturated heterocycles. The standard InChI is InChI=1S/C36H29N3O4S2/c1-37(2)35(42)44-25-18-14-22(15-19-25)29-27-12-8-9-13-28(27)30(23-16-20-26(21-17-23)45-36(43)38(3)4)32-31(29)33(40)39(34(32)41)24-10-6-5-7-11-24/h5-21H,1-4H3. The van der Waals surface area contributed by atoms with E-state index in [1.165, 1.54) is 14.7 Å². The number of thioether (sulfide) groups is 2. The lowest BCUT2D eigenvalue weighted by molar-refractivity contribution is 0.0926. The maximum atomic E-state index is 14.4. The summed E-state index contributed by atoms with van der Waals surface area (Å²) in [5.74, 6) is -0.790. The SMILES string of the molecule is CN(C)C(=O)Sc1ccc(-c2c3c(c(-c4ccc(SC(=O)N(C)C)cc4)c4ccccc24)C(=O)N(c2ccccc2)C3=O)cc1. The molecule has 0 bridgehead atoms. The van der Waals surface area contributed by atoms with Crippen molar-refractivity contribution in [2.75, 3.05) is 33.1 Å². The number of para-hydroxylation sites is 1. The molecule has 0 N–H and O–H groups in total. The van der Waals surface area contributed by atoms with Gasteiger partial charge in [-0.3, -0.25) is 19.2 Å². The van der Waals surface area contributed by atoms with Gasteiger partial charge in [0, 0.05) is 49.1 Å². The van der Waals surface area contributed by atoms with E-state index in [2.05, 4.69) is 0 Å². The first-order valence-electron chi connectivity index (χ1n) is 14.2. The lowest BCUT2D eigenvalue weighted by Crippen LogP contribution is -2.29. The molecule has 7 nitrogen and oxygen atoms in total. The van der Waals surface area contributed by atoms with Crippen LogP contribution in [-0.2, 0) is 0 Å². The molecule has 9 heteroatoms. The van der Waals surface area contributed by atoms with Crippen molar-refractivity contribution in [1.29, 1.82) is 0 Å². The van der Waals surface area contributed by atoms with Gasteiger partial charge in [0.25, 0.3) is 22.3 Å². The van der Waals surface area contributed by atoms with Crippen molar-refractivity contribution in [1.82, 2.24) is 9.80 Å². The van der Waals surface area contributed by atoms with Gasteiger partial charge in [0.1, 0.15) is 0 Å². The summed E-state index contributed by atoms with van der Waals surface area (Å²) in [6.45, 7) is 0. The number of carbonyl (C=O) groups is 4. The van der Waals surface area contributed by atoms with Crippen LogP contribution < -0.4 is 4.90 Å². The van der Waals surface area contributed by atoms with Crippen molar-refractivity contribution >= 4 is 62.3 Å². The minimum Gasteiger partial charge on any atom is -0.339 e. The first kappa shape index (κ1) is 30.2. The van der Waals surface area contributed by atoms with Crippen LogP contribution in [0.15, 0.2) is 113 Å². The third kappa shape index (κ3) is 5.61. The average Bonchev–Trinajstić information content (AvgIpc) is 3.30. The van der Waals surface area contributed by atoms with E-state index in [0.717, 1.165) is 55.2 Å². The lowest BCUT2D eigenvalue weighted by Gasteiger charge is -2.17. The first-order valence-corrected chi connectivity index (χ1v) is 15.8. The van der Waals surface area contributed by atoms with Crippen LogP contribution in [0.2, 0.25) is 0 Å². The highest BCUT2D eigenvalue weighted by Crippen LogP contribution is 2.47. The molecule has 0 atom stereocenters. The van der Waals surface area contributed by atoms with E-state index in [1.807, 2.05) is 78.9 Å². The molecular weight excluding hydrogens is 603 g/mol. The summed E-state index contributed by atoms with van der Waals surface area (Å²) in [6, 6.07) is 31.7. The number of benzene rings is 5. The van der Waals surface area contributed by atoms with Gasteiger partial charge in [-0.1, -0.05) is 66.7 Å². The Hall–Kier alpha value is -4.86. The van der Waals surface area contributed by atoms with Crippen LogP contribution in [0.3, 0.4) is 0 Å². The number of rotatable bonds is 5. The monoisotopic (exact) mass is 631 g/mol. The second-order valence-electron chi connectivity index (χ2n) is 10.9. The van der Waals surface area contributed by atoms with Gasteiger partial charge in [-0.25, -0.2) is 4.90 Å². The molecule has 0 unspecified atom stereocenters. The van der Waals surface area contributed by atoms with Gasteiger partial charge in [0.15, 0.2) is 0 Å². The predicted molar refractivity (Wildman–Crippen MR) is 182 cm³/mol. The molecule has 45 heavy (non-hydrogen) atoms. The van der Waals surface area contributed by atoms with Crippen LogP contribution in [0.5, 0.6) is 0 Å². The molecule has 224 valence electrons. The number of carbonyl (C=O) groups excluding carboxylic acids is 4. The van der Waals surface area contributed by atoms with E-state index in [0.29, 0.717) is 27.9 Å². The van der Waals surface area contributed by atoms with E-state index in [1.54, 1.807) is 52.5 Å². The Morgan fingerprint density at radius 1 is 0.511 bits per heavy atom. The van der Waals surface area contributed by atoms with Gasteiger partial charge >= 0.3 is 0 Å². The third-order valence-electron chi connectivity index (χ3n) is 7.49. The van der Waals surface area contributed by atoms with Crippen LogP contribution in [0.25, 0.3) is 33.0 Å². The van der Waals surface area contributed by atoms with E-state index in [-0.39, 0.29) is 10.5 Å². The van der Waals surface area contributed by atoms with E-state index in [4.69, 9.17) is 0 Å². The Morgan fingerprint density at radius 2 is 0.889 bits per heavy atom. The van der Waals surface area contributed by atoms with E-state index >= 15 is 0 Å². The molecule has 0 spiro atoms. The highest BCUT2D eigenvalue weighted by molar-refractivity contribution is 8.13. The van der Waals surface area contributed by atoms with Gasteiger partial charge in [0.05, 0.1) is 16.8 Å². The number of hydrogen-bond acceptors (Lipinski definition) is 6. The molecule has 0 radical (unpaired) electrons. The molecule has 6 rings (SSSR count). The summed E-state index contributed by atoms with van der Waals surface area (Å²) < 4.78 is 0. The Morgan fingerprint density at radius 3 is 1.27 bits per heavy atom. The predicted octanol–water partition coefficient (Wildman–Crippen LogP) is 8.52. The fourth-order valence-corrected chi connectivity index (χ4v) is 6.67. The summed E-state index contributed by atoms with van der Waals surface area (Å²) in [6.07, 6.45) is 0. The van der Waals surface area contributed by atoms with E-state index in [9.17, 15) is 19.2 Å². The summed E-state index contributed by atoms with van der Waals surface area (Å²) in [4.78, 5) is 59.2. The van der Waals surface area contributed by atoms with Gasteiger partial charge < -0.3 is 9.80 Å². The molecule has 0 aromatic heterocycles. The van der Waals surface area contributed by atoms with Crippen LogP contribution in [0.1, 0.15) is 20.7 Å². The van der Waals surface area contributed by atoms with Crippen molar-refractivity contribution in [2.24, 2.45) is 0 Å². The minimum atomic E-state index is -0.395. The topological polar surface area (TPSA) is 78.0 Å².